The molecule has 2 amide bonds. The first-order chi connectivity index (χ1) is 17.1. The van der Waals surface area contributed by atoms with E-state index >= 15 is 0 Å². The van der Waals surface area contributed by atoms with Crippen molar-refractivity contribution in [3.63, 3.8) is 0 Å². The van der Waals surface area contributed by atoms with Crippen LogP contribution in [-0.4, -0.2) is 118 Å². The van der Waals surface area contributed by atoms with Crippen LogP contribution in [0.3, 0.4) is 0 Å². The lowest BCUT2D eigenvalue weighted by Gasteiger charge is -2.35. The number of rotatable bonds is 7. The molecule has 0 bridgehead atoms. The molecule has 0 unspecified atom stereocenters. The van der Waals surface area contributed by atoms with Crippen molar-refractivity contribution in [2.45, 2.75) is 49.6 Å². The molecule has 1 aromatic carbocycles. The summed E-state index contributed by atoms with van der Waals surface area (Å²) >= 11 is 0. The quantitative estimate of drug-likeness (QED) is 0.550. The van der Waals surface area contributed by atoms with Crippen LogP contribution in [0.2, 0.25) is 0 Å². The Morgan fingerprint density at radius 2 is 1.86 bits per heavy atom. The van der Waals surface area contributed by atoms with Gasteiger partial charge in [0.15, 0.2) is 0 Å². The molecule has 1 N–H and O–H groups in total. The van der Waals surface area contributed by atoms with Crippen molar-refractivity contribution in [2.24, 2.45) is 0 Å². The van der Waals surface area contributed by atoms with Gasteiger partial charge < -0.3 is 19.9 Å². The number of sulfonamides is 1. The first kappa shape index (κ1) is 26.8. The summed E-state index contributed by atoms with van der Waals surface area (Å²) in [7, 11) is 1.69. The van der Waals surface area contributed by atoms with Crippen LogP contribution in [0.15, 0.2) is 17.0 Å². The Labute approximate surface area is 214 Å². The van der Waals surface area contributed by atoms with Gasteiger partial charge in [-0.3, -0.25) is 14.5 Å². The number of likely N-dealkylation sites (tertiary alicyclic amines) is 2. The Morgan fingerprint density at radius 3 is 2.56 bits per heavy atom. The van der Waals surface area contributed by atoms with Crippen molar-refractivity contribution < 1.29 is 22.7 Å². The summed E-state index contributed by atoms with van der Waals surface area (Å²) < 4.78 is 32.8. The number of hydrogen-bond acceptors (Lipinski definition) is 7. The minimum atomic E-state index is -3.81. The number of aryl methyl sites for hydroxylation is 1. The van der Waals surface area contributed by atoms with Crippen LogP contribution in [0, 0.1) is 6.92 Å². The third-order valence-electron chi connectivity index (χ3n) is 7.89. The summed E-state index contributed by atoms with van der Waals surface area (Å²) in [5.41, 5.74) is 1.29. The molecule has 0 spiro atoms. The van der Waals surface area contributed by atoms with Gasteiger partial charge >= 0.3 is 0 Å². The molecular weight excluding hydrogens is 482 g/mol. The highest BCUT2D eigenvalue weighted by Gasteiger charge is 2.36. The molecule has 1 atom stereocenters. The maximum absolute atomic E-state index is 13.2. The maximum atomic E-state index is 13.2. The van der Waals surface area contributed by atoms with Gasteiger partial charge in [0.25, 0.3) is 0 Å². The smallest absolute Gasteiger partial charge is 0.244 e. The molecule has 2 saturated heterocycles. The van der Waals surface area contributed by atoms with Gasteiger partial charge in [-0.15, -0.1) is 0 Å². The number of fused-ring (bicyclic) bond motifs is 1. The molecule has 10 nitrogen and oxygen atoms in total. The second-order valence-corrected chi connectivity index (χ2v) is 12.1. The molecule has 200 valence electrons. The number of carbonyl (C=O) groups excluding carboxylic acids is 2. The molecule has 3 aliphatic heterocycles. The zero-order chi connectivity index (χ0) is 26.0. The number of ether oxygens (including phenoxy) is 1. The van der Waals surface area contributed by atoms with E-state index in [1.807, 2.05) is 0 Å². The van der Waals surface area contributed by atoms with E-state index in [0.717, 1.165) is 45.4 Å². The molecule has 11 heteroatoms. The SMILES string of the molecule is COc1cc(C)c2c(c1)CCN(CC(=O)NCC(=O)N(C)[C@@H]1CCN(C3CCN(C)CC3)C1)S2(=O)=O. The van der Waals surface area contributed by atoms with E-state index in [4.69, 9.17) is 4.74 Å². The lowest BCUT2D eigenvalue weighted by atomic mass is 10.0. The highest BCUT2D eigenvalue weighted by atomic mass is 32.2. The average molecular weight is 522 g/mol. The number of amides is 2. The van der Waals surface area contributed by atoms with Crippen LogP contribution >= 0.6 is 0 Å². The predicted octanol–water partition coefficient (Wildman–Crippen LogP) is 0.294. The van der Waals surface area contributed by atoms with Crippen LogP contribution < -0.4 is 10.1 Å². The standard InChI is InChI=1S/C25H39N5O5S/c1-18-13-22(35-4)14-19-5-12-30(36(33,34)25(18)19)17-23(31)26-15-24(32)28(3)21-8-11-29(16-21)20-6-9-27(2)10-7-20/h13-14,20-21H,5-12,15-17H2,1-4H3,(H,26,31)/t21-/m1/s1. The van der Waals surface area contributed by atoms with Gasteiger partial charge in [-0.2, -0.15) is 4.31 Å². The Kier molecular flexibility index (Phi) is 8.23. The summed E-state index contributed by atoms with van der Waals surface area (Å²) in [5, 5.41) is 2.63. The normalized spacial score (nSPS) is 23.3. The van der Waals surface area contributed by atoms with Crippen LogP contribution in [-0.2, 0) is 26.0 Å². The van der Waals surface area contributed by atoms with Gasteiger partial charge in [-0.05, 0) is 76.0 Å². The van der Waals surface area contributed by atoms with E-state index in [1.54, 1.807) is 38.1 Å². The summed E-state index contributed by atoms with van der Waals surface area (Å²) in [6.07, 6.45) is 3.75. The summed E-state index contributed by atoms with van der Waals surface area (Å²) in [6.45, 7) is 5.56. The lowest BCUT2D eigenvalue weighted by Crippen LogP contribution is -2.48. The Hall–Kier alpha value is -2.21. The zero-order valence-corrected chi connectivity index (χ0v) is 22.6. The van der Waals surface area contributed by atoms with Gasteiger partial charge in [0, 0.05) is 38.8 Å². The molecule has 0 aliphatic carbocycles. The second-order valence-electron chi connectivity index (χ2n) is 10.3. The lowest BCUT2D eigenvalue weighted by molar-refractivity contribution is -0.133. The molecule has 3 aliphatic rings. The summed E-state index contributed by atoms with van der Waals surface area (Å²) in [5.74, 6) is -0.0188. The molecule has 3 heterocycles. The molecule has 2 fully saturated rings. The minimum absolute atomic E-state index is 0.132. The maximum Gasteiger partial charge on any atom is 0.244 e. The van der Waals surface area contributed by atoms with E-state index in [9.17, 15) is 18.0 Å². The molecule has 4 rings (SSSR count). The van der Waals surface area contributed by atoms with Crippen molar-refractivity contribution in [1.82, 2.24) is 24.3 Å². The number of piperidine rings is 1. The van der Waals surface area contributed by atoms with Gasteiger partial charge in [0.05, 0.1) is 25.1 Å². The van der Waals surface area contributed by atoms with E-state index in [1.165, 1.54) is 4.31 Å². The fraction of sp³-hybridized carbons (Fsp3) is 0.680. The number of likely N-dealkylation sites (N-methyl/N-ethyl adjacent to an activating group) is 1. The van der Waals surface area contributed by atoms with Crippen molar-refractivity contribution in [2.75, 3.05) is 67.0 Å². The van der Waals surface area contributed by atoms with Crippen molar-refractivity contribution in [3.8, 4) is 5.75 Å². The van der Waals surface area contributed by atoms with Crippen molar-refractivity contribution >= 4 is 21.8 Å². The van der Waals surface area contributed by atoms with Crippen LogP contribution in [0.4, 0.5) is 0 Å². The van der Waals surface area contributed by atoms with E-state index < -0.39 is 15.9 Å². The first-order valence-corrected chi connectivity index (χ1v) is 14.2. The molecule has 36 heavy (non-hydrogen) atoms. The highest BCUT2D eigenvalue weighted by Crippen LogP contribution is 2.32. The van der Waals surface area contributed by atoms with Crippen LogP contribution in [0.1, 0.15) is 30.4 Å². The van der Waals surface area contributed by atoms with E-state index in [-0.39, 0.29) is 36.5 Å². The number of benzene rings is 1. The zero-order valence-electron chi connectivity index (χ0n) is 21.8. The van der Waals surface area contributed by atoms with Gasteiger partial charge in [0.2, 0.25) is 21.8 Å². The van der Waals surface area contributed by atoms with Gasteiger partial charge in [0.1, 0.15) is 5.75 Å². The van der Waals surface area contributed by atoms with E-state index in [0.29, 0.717) is 29.3 Å². The Bertz CT molecular complexity index is 1090. The van der Waals surface area contributed by atoms with Crippen LogP contribution in [0.5, 0.6) is 5.75 Å². The number of nitrogens with one attached hydrogen (secondary N) is 1. The fourth-order valence-electron chi connectivity index (χ4n) is 5.64. The summed E-state index contributed by atoms with van der Waals surface area (Å²) in [6, 6.07) is 4.14. The molecule has 0 radical (unpaired) electrons. The molecule has 0 saturated carbocycles. The monoisotopic (exact) mass is 521 g/mol. The average Bonchev–Trinajstić information content (AvgIpc) is 3.34. The van der Waals surface area contributed by atoms with Crippen LogP contribution in [0.25, 0.3) is 0 Å². The Balaban J connectivity index is 1.27. The largest absolute Gasteiger partial charge is 0.497 e. The number of hydrogen-bond donors (Lipinski definition) is 1. The van der Waals surface area contributed by atoms with E-state index in [2.05, 4.69) is 22.2 Å². The minimum Gasteiger partial charge on any atom is -0.497 e. The third-order valence-corrected chi connectivity index (χ3v) is 9.98. The topological polar surface area (TPSA) is 102 Å². The predicted molar refractivity (Wildman–Crippen MR) is 136 cm³/mol. The summed E-state index contributed by atoms with van der Waals surface area (Å²) in [4.78, 5) is 32.2. The Morgan fingerprint density at radius 1 is 1.14 bits per heavy atom. The molecule has 1 aromatic rings. The molecular formula is C25H39N5O5S. The van der Waals surface area contributed by atoms with Crippen molar-refractivity contribution in [3.05, 3.63) is 23.3 Å². The van der Waals surface area contributed by atoms with Gasteiger partial charge in [-0.25, -0.2) is 8.42 Å². The first-order valence-electron chi connectivity index (χ1n) is 12.7. The number of methoxy groups -OCH3 is 1. The van der Waals surface area contributed by atoms with Gasteiger partial charge in [-0.1, -0.05) is 0 Å². The fourth-order valence-corrected chi connectivity index (χ4v) is 7.47. The number of nitrogens with zero attached hydrogens (tertiary/aromatic N) is 4. The van der Waals surface area contributed by atoms with Crippen molar-refractivity contribution in [1.29, 1.82) is 0 Å². The third kappa shape index (κ3) is 5.69. The number of carbonyl (C=O) groups is 2. The highest BCUT2D eigenvalue weighted by molar-refractivity contribution is 7.89. The molecule has 0 aromatic heterocycles. The second kappa shape index (κ2) is 11.0.